The number of hydrogen-bond acceptors (Lipinski definition) is 4. The van der Waals surface area contributed by atoms with E-state index in [2.05, 4.69) is 14.9 Å². The van der Waals surface area contributed by atoms with Gasteiger partial charge in [-0.05, 0) is 31.6 Å². The number of anilines is 2. The van der Waals surface area contributed by atoms with Gasteiger partial charge in [-0.1, -0.05) is 12.8 Å². The van der Waals surface area contributed by atoms with Crippen LogP contribution >= 0.6 is 0 Å². The number of hydrogen-bond donors (Lipinski definition) is 1. The normalized spacial score (nSPS) is 26.7. The van der Waals surface area contributed by atoms with Gasteiger partial charge in [0.15, 0.2) is 11.5 Å². The van der Waals surface area contributed by atoms with Crippen LogP contribution in [-0.4, -0.2) is 27.0 Å². The predicted molar refractivity (Wildman–Crippen MR) is 79.7 cm³/mol. The van der Waals surface area contributed by atoms with Crippen LogP contribution in [0.4, 0.5) is 11.6 Å². The molecular weight excluding hydrogens is 250 g/mol. The summed E-state index contributed by atoms with van der Waals surface area (Å²) >= 11 is 0. The molecule has 5 heteroatoms. The molecule has 1 aliphatic heterocycles. The van der Waals surface area contributed by atoms with E-state index in [-0.39, 0.29) is 0 Å². The van der Waals surface area contributed by atoms with E-state index in [0.29, 0.717) is 11.9 Å². The molecule has 2 N–H and O–H groups in total. The first-order valence-corrected chi connectivity index (χ1v) is 7.69. The fourth-order valence-electron chi connectivity index (χ4n) is 4.01. The van der Waals surface area contributed by atoms with Crippen LogP contribution < -0.4 is 10.6 Å². The molecule has 0 bridgehead atoms. The summed E-state index contributed by atoms with van der Waals surface area (Å²) in [5.74, 6) is 2.38. The second-order valence-corrected chi connectivity index (χ2v) is 6.10. The zero-order chi connectivity index (χ0) is 13.5. The lowest BCUT2D eigenvalue weighted by molar-refractivity contribution is 0.243. The summed E-state index contributed by atoms with van der Waals surface area (Å²) in [4.78, 5) is 11.6. The third-order valence-corrected chi connectivity index (χ3v) is 4.89. The van der Waals surface area contributed by atoms with Crippen molar-refractivity contribution >= 4 is 17.3 Å². The topological polar surface area (TPSA) is 59.5 Å². The minimum atomic E-state index is 0.573. The van der Waals surface area contributed by atoms with Gasteiger partial charge in [0.25, 0.3) is 0 Å². The molecule has 2 aromatic heterocycles. The van der Waals surface area contributed by atoms with Crippen LogP contribution in [-0.2, 0) is 0 Å². The molecule has 2 fully saturated rings. The number of nitrogens with zero attached hydrogens (tertiary/aromatic N) is 4. The molecule has 20 heavy (non-hydrogen) atoms. The second-order valence-electron chi connectivity index (χ2n) is 6.10. The second kappa shape index (κ2) is 4.65. The van der Waals surface area contributed by atoms with Crippen molar-refractivity contribution < 1.29 is 0 Å². The highest BCUT2D eigenvalue weighted by molar-refractivity contribution is 5.67. The molecule has 3 heterocycles. The van der Waals surface area contributed by atoms with Gasteiger partial charge in [0.05, 0.1) is 6.20 Å². The molecule has 0 unspecified atom stereocenters. The van der Waals surface area contributed by atoms with Gasteiger partial charge in [-0.2, -0.15) is 0 Å². The number of nitrogen functional groups attached to an aromatic ring is 1. The summed E-state index contributed by atoms with van der Waals surface area (Å²) in [5.41, 5.74) is 6.91. The molecule has 0 aromatic carbocycles. The molecule has 1 aliphatic carbocycles. The highest BCUT2D eigenvalue weighted by Crippen LogP contribution is 2.38. The van der Waals surface area contributed by atoms with Gasteiger partial charge in [-0.3, -0.25) is 0 Å². The molecule has 0 radical (unpaired) electrons. The van der Waals surface area contributed by atoms with Crippen LogP contribution in [0.1, 0.15) is 38.5 Å². The Morgan fingerprint density at radius 1 is 1.15 bits per heavy atom. The summed E-state index contributed by atoms with van der Waals surface area (Å²) < 4.78 is 1.99. The van der Waals surface area contributed by atoms with Crippen molar-refractivity contribution in [3.8, 4) is 0 Å². The minimum absolute atomic E-state index is 0.573. The van der Waals surface area contributed by atoms with Crippen molar-refractivity contribution in [1.82, 2.24) is 14.4 Å². The van der Waals surface area contributed by atoms with Crippen LogP contribution in [0.5, 0.6) is 0 Å². The maximum Gasteiger partial charge on any atom is 0.180 e. The third-order valence-electron chi connectivity index (χ3n) is 4.89. The van der Waals surface area contributed by atoms with Crippen molar-refractivity contribution in [2.45, 2.75) is 44.6 Å². The minimum Gasteiger partial charge on any atom is -0.382 e. The highest BCUT2D eigenvalue weighted by Gasteiger charge is 2.34. The van der Waals surface area contributed by atoms with Crippen LogP contribution in [0.25, 0.3) is 5.65 Å². The molecule has 2 aliphatic rings. The first-order chi connectivity index (χ1) is 9.83. The van der Waals surface area contributed by atoms with Gasteiger partial charge in [-0.15, -0.1) is 0 Å². The smallest absolute Gasteiger partial charge is 0.180 e. The Labute approximate surface area is 118 Å². The van der Waals surface area contributed by atoms with E-state index in [4.69, 9.17) is 5.73 Å². The molecule has 0 spiro atoms. The van der Waals surface area contributed by atoms with Crippen LogP contribution in [0.15, 0.2) is 18.6 Å². The number of fused-ring (bicyclic) bond motifs is 2. The molecule has 5 nitrogen and oxygen atoms in total. The van der Waals surface area contributed by atoms with Gasteiger partial charge >= 0.3 is 0 Å². The van der Waals surface area contributed by atoms with E-state index in [1.165, 1.54) is 38.5 Å². The standard InChI is InChI=1S/C15H21N5/c16-13-10-19-9-7-17-14(19)15(18-13)20-8-3-5-11-4-1-2-6-12(11)20/h7,9-12H,1-6,8,16H2/t11-,12-/m1/s1. The summed E-state index contributed by atoms with van der Waals surface area (Å²) in [5, 5.41) is 0. The average Bonchev–Trinajstić information content (AvgIpc) is 2.94. The third kappa shape index (κ3) is 1.84. The van der Waals surface area contributed by atoms with E-state index in [9.17, 15) is 0 Å². The SMILES string of the molecule is Nc1cn2ccnc2c(N2CCC[C@H]3CCCC[C@H]32)n1. The first kappa shape index (κ1) is 12.0. The zero-order valence-corrected chi connectivity index (χ0v) is 11.7. The van der Waals surface area contributed by atoms with E-state index < -0.39 is 0 Å². The number of aromatic nitrogens is 3. The Kier molecular flexibility index (Phi) is 2.79. The van der Waals surface area contributed by atoms with Crippen molar-refractivity contribution in [3.63, 3.8) is 0 Å². The number of imidazole rings is 1. The maximum atomic E-state index is 5.97. The molecule has 0 amide bonds. The van der Waals surface area contributed by atoms with E-state index >= 15 is 0 Å². The molecule has 1 saturated carbocycles. The fraction of sp³-hybridized carbons (Fsp3) is 0.600. The summed E-state index contributed by atoms with van der Waals surface area (Å²) in [7, 11) is 0. The van der Waals surface area contributed by atoms with E-state index in [1.54, 1.807) is 0 Å². The highest BCUT2D eigenvalue weighted by atomic mass is 15.3. The Morgan fingerprint density at radius 3 is 2.95 bits per heavy atom. The fourth-order valence-corrected chi connectivity index (χ4v) is 4.01. The zero-order valence-electron chi connectivity index (χ0n) is 11.7. The number of rotatable bonds is 1. The van der Waals surface area contributed by atoms with Gasteiger partial charge < -0.3 is 15.0 Å². The quantitative estimate of drug-likeness (QED) is 0.865. The number of nitrogens with two attached hydrogens (primary N) is 1. The van der Waals surface area contributed by atoms with E-state index in [1.807, 2.05) is 23.0 Å². The average molecular weight is 271 g/mol. The summed E-state index contributed by atoms with van der Waals surface area (Å²) in [6.07, 6.45) is 13.6. The molecule has 4 rings (SSSR count). The Balaban J connectivity index is 1.79. The molecule has 2 aromatic rings. The molecular formula is C15H21N5. The van der Waals surface area contributed by atoms with Crippen LogP contribution in [0.3, 0.4) is 0 Å². The Bertz CT molecular complexity index is 618. The molecule has 106 valence electrons. The lowest BCUT2D eigenvalue weighted by atomic mass is 9.78. The summed E-state index contributed by atoms with van der Waals surface area (Å²) in [6.45, 7) is 1.08. The Hall–Kier alpha value is -1.78. The lowest BCUT2D eigenvalue weighted by Crippen LogP contribution is -2.47. The summed E-state index contributed by atoms with van der Waals surface area (Å²) in [6, 6.07) is 0.632. The Morgan fingerprint density at radius 2 is 2.00 bits per heavy atom. The molecule has 2 atom stereocenters. The van der Waals surface area contributed by atoms with Gasteiger partial charge in [0.1, 0.15) is 5.82 Å². The van der Waals surface area contributed by atoms with Gasteiger partial charge in [0.2, 0.25) is 0 Å². The van der Waals surface area contributed by atoms with Crippen molar-refractivity contribution in [3.05, 3.63) is 18.6 Å². The number of piperidine rings is 1. The van der Waals surface area contributed by atoms with E-state index in [0.717, 1.165) is 23.9 Å². The lowest BCUT2D eigenvalue weighted by Gasteiger charge is -2.44. The molecule has 1 saturated heterocycles. The monoisotopic (exact) mass is 271 g/mol. The van der Waals surface area contributed by atoms with Crippen LogP contribution in [0, 0.1) is 5.92 Å². The van der Waals surface area contributed by atoms with Crippen molar-refractivity contribution in [1.29, 1.82) is 0 Å². The van der Waals surface area contributed by atoms with Gasteiger partial charge in [0, 0.05) is 25.0 Å². The maximum absolute atomic E-state index is 5.97. The van der Waals surface area contributed by atoms with Crippen molar-refractivity contribution in [2.24, 2.45) is 5.92 Å². The first-order valence-electron chi connectivity index (χ1n) is 7.69. The predicted octanol–water partition coefficient (Wildman–Crippen LogP) is 2.47. The largest absolute Gasteiger partial charge is 0.382 e. The van der Waals surface area contributed by atoms with Crippen molar-refractivity contribution in [2.75, 3.05) is 17.2 Å². The van der Waals surface area contributed by atoms with Gasteiger partial charge in [-0.25, -0.2) is 9.97 Å². The van der Waals surface area contributed by atoms with Crippen LogP contribution in [0.2, 0.25) is 0 Å².